The van der Waals surface area contributed by atoms with E-state index in [1.165, 1.54) is 25.6 Å². The van der Waals surface area contributed by atoms with Crippen LogP contribution < -0.4 is 5.32 Å². The van der Waals surface area contributed by atoms with Crippen molar-refractivity contribution in [2.45, 2.75) is 101 Å². The summed E-state index contributed by atoms with van der Waals surface area (Å²) in [4.78, 5) is 60.8. The van der Waals surface area contributed by atoms with E-state index in [0.29, 0.717) is 23.4 Å². The highest BCUT2D eigenvalue weighted by molar-refractivity contribution is 7.99. The molecule has 2 aliphatic heterocycles. The topological polar surface area (TPSA) is 202 Å². The van der Waals surface area contributed by atoms with Crippen molar-refractivity contribution in [2.24, 2.45) is 0 Å². The standard InChI is InChI=1S/C41H45NO14S2/c1-22(44)50-20-35-38(52-24(3)46)39(53-25(4)47)37(51-23(2)45)34(55-35)18-36(57)42-30-7-5-6-29(16-30)41-54-31(21-58-32-14-12-28(13-15-32)40(48)49)17-33(56-41)27-10-8-26(19-43)9-11-27/h5-16,31,33-35,37-39,41,43H,17-21H2,1-4H3,(H,42,57)(H,48,49). The molecule has 8 atom stereocenters. The smallest absolute Gasteiger partial charge is 0.335 e. The first kappa shape index (κ1) is 44.2. The number of ether oxygens (including phenoxy) is 7. The van der Waals surface area contributed by atoms with Crippen molar-refractivity contribution in [3.05, 3.63) is 95.1 Å². The Bertz CT molecular complexity index is 1940. The molecule has 0 spiro atoms. The highest BCUT2D eigenvalue weighted by Gasteiger charge is 2.52. The van der Waals surface area contributed by atoms with Gasteiger partial charge in [0.1, 0.15) is 18.8 Å². The number of thioether (sulfide) groups is 1. The average molecular weight is 840 g/mol. The Morgan fingerprint density at radius 3 is 2.02 bits per heavy atom. The van der Waals surface area contributed by atoms with Crippen molar-refractivity contribution in [3.8, 4) is 0 Å². The first-order valence-corrected chi connectivity index (χ1v) is 19.8. The maximum atomic E-state index is 12.3. The molecule has 0 amide bonds. The van der Waals surface area contributed by atoms with E-state index < -0.39 is 66.7 Å². The number of carboxylic acid groups (broad SMARTS) is 1. The highest BCUT2D eigenvalue weighted by atomic mass is 32.2. The highest BCUT2D eigenvalue weighted by Crippen LogP contribution is 2.40. The van der Waals surface area contributed by atoms with Gasteiger partial charge in [-0.15, -0.1) is 11.8 Å². The number of hydrogen-bond acceptors (Lipinski definition) is 15. The van der Waals surface area contributed by atoms with Crippen molar-refractivity contribution in [1.29, 1.82) is 0 Å². The Labute approximate surface area is 344 Å². The number of aliphatic hydroxyl groups is 1. The third-order valence-electron chi connectivity index (χ3n) is 9.07. The van der Waals surface area contributed by atoms with Gasteiger partial charge >= 0.3 is 29.8 Å². The molecule has 0 aromatic heterocycles. The van der Waals surface area contributed by atoms with Crippen LogP contribution in [-0.4, -0.2) is 94.0 Å². The van der Waals surface area contributed by atoms with E-state index >= 15 is 0 Å². The van der Waals surface area contributed by atoms with Crippen molar-refractivity contribution >= 4 is 64.5 Å². The maximum absolute atomic E-state index is 12.3. The fourth-order valence-corrected chi connectivity index (χ4v) is 7.75. The Morgan fingerprint density at radius 1 is 0.776 bits per heavy atom. The van der Waals surface area contributed by atoms with Gasteiger partial charge in [-0.2, -0.15) is 0 Å². The fourth-order valence-electron chi connectivity index (χ4n) is 6.55. The second-order valence-corrected chi connectivity index (χ2v) is 15.2. The molecule has 5 rings (SSSR count). The molecule has 0 radical (unpaired) electrons. The van der Waals surface area contributed by atoms with Crippen molar-refractivity contribution < 1.29 is 67.3 Å². The van der Waals surface area contributed by atoms with Crippen molar-refractivity contribution in [1.82, 2.24) is 0 Å². The molecule has 0 aliphatic carbocycles. The molecule has 310 valence electrons. The van der Waals surface area contributed by atoms with Crippen LogP contribution in [0.2, 0.25) is 0 Å². The zero-order valence-corrected chi connectivity index (χ0v) is 33.8. The van der Waals surface area contributed by atoms with Crippen LogP contribution in [0.15, 0.2) is 77.7 Å². The number of thiocarbonyl (C=S) groups is 1. The third kappa shape index (κ3) is 12.5. The molecule has 0 saturated carbocycles. The number of benzene rings is 3. The molecule has 3 aromatic carbocycles. The largest absolute Gasteiger partial charge is 0.478 e. The molecule has 2 fully saturated rings. The second-order valence-electron chi connectivity index (χ2n) is 13.6. The molecular formula is C41H45NO14S2. The van der Waals surface area contributed by atoms with Crippen LogP contribution in [0.25, 0.3) is 0 Å². The van der Waals surface area contributed by atoms with Crippen LogP contribution in [0.1, 0.15) is 80.0 Å². The van der Waals surface area contributed by atoms with Gasteiger partial charge in [-0.25, -0.2) is 4.79 Å². The molecule has 3 aromatic rings. The number of esters is 4. The zero-order chi connectivity index (χ0) is 41.9. The Balaban J connectivity index is 1.35. The lowest BCUT2D eigenvalue weighted by Gasteiger charge is -2.44. The van der Waals surface area contributed by atoms with E-state index in [4.69, 9.17) is 45.4 Å². The SMILES string of the molecule is CC(=O)OCC1OC(CC(=S)Nc2cccc(C3OC(CSc4ccc(C(=O)O)cc4)CC(c4ccc(CO)cc4)O3)c2)C(OC(C)=O)C(OC(C)=O)C1OC(C)=O. The lowest BCUT2D eigenvalue weighted by Crippen LogP contribution is -2.62. The normalized spacial score (nSPS) is 24.2. The van der Waals surface area contributed by atoms with Crippen LogP contribution in [0.3, 0.4) is 0 Å². The molecule has 17 heteroatoms. The van der Waals surface area contributed by atoms with Crippen LogP contribution in [0.5, 0.6) is 0 Å². The summed E-state index contributed by atoms with van der Waals surface area (Å²) in [6, 6.07) is 21.4. The van der Waals surface area contributed by atoms with E-state index in [0.717, 1.165) is 29.9 Å². The van der Waals surface area contributed by atoms with Gasteiger partial charge in [0, 0.05) is 62.4 Å². The number of carboxylic acids is 1. The predicted octanol–water partition coefficient (Wildman–Crippen LogP) is 5.47. The molecule has 2 aliphatic rings. The molecule has 2 heterocycles. The molecular weight excluding hydrogens is 795 g/mol. The number of rotatable bonds is 15. The van der Waals surface area contributed by atoms with E-state index in [1.807, 2.05) is 36.4 Å². The Kier molecular flexibility index (Phi) is 15.8. The molecule has 3 N–H and O–H groups in total. The predicted molar refractivity (Wildman–Crippen MR) is 212 cm³/mol. The molecule has 0 bridgehead atoms. The minimum absolute atomic E-state index is 0.0618. The molecule has 2 saturated heterocycles. The van der Waals surface area contributed by atoms with Crippen LogP contribution >= 0.6 is 24.0 Å². The van der Waals surface area contributed by atoms with Gasteiger partial charge in [0.25, 0.3) is 0 Å². The van der Waals surface area contributed by atoms with Gasteiger partial charge in [0.05, 0.1) is 29.4 Å². The molecule has 8 unspecified atom stereocenters. The number of aliphatic hydroxyl groups excluding tert-OH is 1. The Morgan fingerprint density at radius 2 is 1.41 bits per heavy atom. The summed E-state index contributed by atoms with van der Waals surface area (Å²) in [5.74, 6) is -3.26. The summed E-state index contributed by atoms with van der Waals surface area (Å²) in [5.41, 5.74) is 3.12. The number of carbonyl (C=O) groups excluding carboxylic acids is 4. The number of nitrogens with one attached hydrogen (secondary N) is 1. The van der Waals surface area contributed by atoms with Gasteiger partial charge in [0.2, 0.25) is 0 Å². The number of anilines is 1. The van der Waals surface area contributed by atoms with E-state index in [2.05, 4.69) is 5.32 Å². The van der Waals surface area contributed by atoms with E-state index in [-0.39, 0.29) is 42.4 Å². The fraction of sp³-hybridized carbons (Fsp3) is 0.415. The van der Waals surface area contributed by atoms with Crippen LogP contribution in [0, 0.1) is 0 Å². The quantitative estimate of drug-likeness (QED) is 0.0752. The maximum Gasteiger partial charge on any atom is 0.335 e. The number of aromatic carboxylic acids is 1. The van der Waals surface area contributed by atoms with Gasteiger partial charge < -0.3 is 48.7 Å². The second kappa shape index (κ2) is 20.7. The van der Waals surface area contributed by atoms with Gasteiger partial charge in [-0.05, 0) is 47.5 Å². The summed E-state index contributed by atoms with van der Waals surface area (Å²) in [5, 5.41) is 22.0. The van der Waals surface area contributed by atoms with Crippen LogP contribution in [-0.2, 0) is 58.9 Å². The summed E-state index contributed by atoms with van der Waals surface area (Å²) < 4.78 is 41.0. The zero-order valence-electron chi connectivity index (χ0n) is 32.2. The summed E-state index contributed by atoms with van der Waals surface area (Å²) in [6.45, 7) is 4.21. The summed E-state index contributed by atoms with van der Waals surface area (Å²) >= 11 is 7.29. The molecule has 15 nitrogen and oxygen atoms in total. The van der Waals surface area contributed by atoms with Gasteiger partial charge in [0.15, 0.2) is 24.6 Å². The third-order valence-corrected chi connectivity index (χ3v) is 10.5. The lowest BCUT2D eigenvalue weighted by molar-refractivity contribution is -0.251. The first-order chi connectivity index (χ1) is 27.7. The first-order valence-electron chi connectivity index (χ1n) is 18.4. The number of hydrogen-bond donors (Lipinski definition) is 3. The van der Waals surface area contributed by atoms with Gasteiger partial charge in [-0.1, -0.05) is 48.6 Å². The minimum atomic E-state index is -1.32. The number of carbonyl (C=O) groups is 5. The van der Waals surface area contributed by atoms with Crippen molar-refractivity contribution in [2.75, 3.05) is 17.7 Å². The van der Waals surface area contributed by atoms with E-state index in [9.17, 15) is 34.2 Å². The van der Waals surface area contributed by atoms with Gasteiger partial charge in [-0.3, -0.25) is 19.2 Å². The molecule has 58 heavy (non-hydrogen) atoms. The Hall–Kier alpha value is -4.91. The van der Waals surface area contributed by atoms with E-state index in [1.54, 1.807) is 36.4 Å². The lowest BCUT2D eigenvalue weighted by atomic mass is 9.92. The van der Waals surface area contributed by atoms with Crippen molar-refractivity contribution in [3.63, 3.8) is 0 Å². The summed E-state index contributed by atoms with van der Waals surface area (Å²) in [7, 11) is 0. The minimum Gasteiger partial charge on any atom is -0.478 e. The van der Waals surface area contributed by atoms with Crippen LogP contribution in [0.4, 0.5) is 5.69 Å². The average Bonchev–Trinajstić information content (AvgIpc) is 3.18. The summed E-state index contributed by atoms with van der Waals surface area (Å²) in [6.07, 6.45) is -6.97. The monoisotopic (exact) mass is 839 g/mol.